The summed E-state index contributed by atoms with van der Waals surface area (Å²) in [6, 6.07) is 25.2. The summed E-state index contributed by atoms with van der Waals surface area (Å²) in [5.41, 5.74) is 5.47. The third-order valence-electron chi connectivity index (χ3n) is 5.53. The van der Waals surface area contributed by atoms with Crippen molar-refractivity contribution in [2.45, 2.75) is 25.6 Å². The molecule has 9 heteroatoms. The van der Waals surface area contributed by atoms with Crippen LogP contribution in [0.15, 0.2) is 72.8 Å². The zero-order valence-electron chi connectivity index (χ0n) is 19.3. The van der Waals surface area contributed by atoms with Crippen molar-refractivity contribution in [3.63, 3.8) is 0 Å². The first kappa shape index (κ1) is 26.4. The number of hydrogen-bond donors (Lipinski definition) is 2. The van der Waals surface area contributed by atoms with Crippen LogP contribution in [0.4, 0.5) is 18.9 Å². The lowest BCUT2D eigenvalue weighted by molar-refractivity contribution is -0.192. The van der Waals surface area contributed by atoms with E-state index >= 15 is 0 Å². The number of alkyl halides is 3. The van der Waals surface area contributed by atoms with Gasteiger partial charge >= 0.3 is 12.1 Å². The number of nitriles is 1. The van der Waals surface area contributed by atoms with E-state index in [1.807, 2.05) is 24.3 Å². The van der Waals surface area contributed by atoms with Gasteiger partial charge in [0.15, 0.2) is 0 Å². The van der Waals surface area contributed by atoms with Crippen LogP contribution in [0.5, 0.6) is 0 Å². The summed E-state index contributed by atoms with van der Waals surface area (Å²) in [5, 5.41) is 18.9. The molecule has 0 atom stereocenters. The largest absolute Gasteiger partial charge is 0.490 e. The summed E-state index contributed by atoms with van der Waals surface area (Å²) in [4.78, 5) is 23.8. The van der Waals surface area contributed by atoms with E-state index in [0.29, 0.717) is 11.1 Å². The molecule has 1 aliphatic rings. The van der Waals surface area contributed by atoms with E-state index in [4.69, 9.17) is 15.2 Å². The average molecular weight is 496 g/mol. The molecule has 1 saturated heterocycles. The summed E-state index contributed by atoms with van der Waals surface area (Å²) in [5.74, 6) is -2.94. The molecule has 0 saturated carbocycles. The minimum Gasteiger partial charge on any atom is -0.475 e. The van der Waals surface area contributed by atoms with Crippen molar-refractivity contribution in [2.24, 2.45) is 0 Å². The fraction of sp³-hybridized carbons (Fsp3) is 0.222. The van der Waals surface area contributed by atoms with Gasteiger partial charge in [-0.15, -0.1) is 0 Å². The molecule has 36 heavy (non-hydrogen) atoms. The number of nitrogens with one attached hydrogen (secondary N) is 1. The molecule has 0 aromatic heterocycles. The third kappa shape index (κ3) is 7.68. The predicted octanol–water partition coefficient (Wildman–Crippen LogP) is 5.71. The molecule has 3 aromatic rings. The fourth-order valence-electron chi connectivity index (χ4n) is 3.69. The highest BCUT2D eigenvalue weighted by molar-refractivity contribution is 6.04. The van der Waals surface area contributed by atoms with Crippen LogP contribution in [0.3, 0.4) is 0 Å². The smallest absolute Gasteiger partial charge is 0.475 e. The highest BCUT2D eigenvalue weighted by Gasteiger charge is 2.38. The quantitative estimate of drug-likeness (QED) is 0.473. The van der Waals surface area contributed by atoms with Gasteiger partial charge in [0.25, 0.3) is 5.91 Å². The fourth-order valence-corrected chi connectivity index (χ4v) is 3.69. The number of aliphatic carboxylic acids is 1. The minimum atomic E-state index is -5.08. The number of amides is 1. The molecule has 0 aliphatic carbocycles. The summed E-state index contributed by atoms with van der Waals surface area (Å²) in [6.45, 7) is 3.39. The van der Waals surface area contributed by atoms with Crippen LogP contribution in [-0.2, 0) is 11.3 Å². The van der Waals surface area contributed by atoms with Crippen LogP contribution in [0.2, 0.25) is 0 Å². The first-order chi connectivity index (χ1) is 17.2. The van der Waals surface area contributed by atoms with Crippen LogP contribution in [-0.4, -0.2) is 41.1 Å². The average Bonchev–Trinajstić information content (AvgIpc) is 3.37. The van der Waals surface area contributed by atoms with Crippen molar-refractivity contribution in [3.8, 4) is 17.2 Å². The molecule has 0 spiro atoms. The lowest BCUT2D eigenvalue weighted by atomic mass is 10.0. The Morgan fingerprint density at radius 1 is 0.944 bits per heavy atom. The number of likely N-dealkylation sites (tertiary alicyclic amines) is 1. The normalized spacial score (nSPS) is 13.3. The van der Waals surface area contributed by atoms with Gasteiger partial charge in [0, 0.05) is 17.8 Å². The van der Waals surface area contributed by atoms with E-state index in [1.54, 1.807) is 24.3 Å². The van der Waals surface area contributed by atoms with E-state index in [1.165, 1.54) is 37.1 Å². The summed E-state index contributed by atoms with van der Waals surface area (Å²) in [6.07, 6.45) is -2.48. The second kappa shape index (κ2) is 12.0. The second-order valence-corrected chi connectivity index (χ2v) is 8.21. The van der Waals surface area contributed by atoms with Gasteiger partial charge in [-0.25, -0.2) is 4.79 Å². The molecule has 1 fully saturated rings. The molecule has 186 valence electrons. The highest BCUT2D eigenvalue weighted by Crippen LogP contribution is 2.24. The topological polar surface area (TPSA) is 93.4 Å². The first-order valence-corrected chi connectivity index (χ1v) is 11.2. The van der Waals surface area contributed by atoms with E-state index in [9.17, 15) is 18.0 Å². The first-order valence-electron chi connectivity index (χ1n) is 11.2. The number of carboxylic acids is 1. The molecule has 1 amide bonds. The van der Waals surface area contributed by atoms with Crippen molar-refractivity contribution in [1.29, 1.82) is 5.26 Å². The predicted molar refractivity (Wildman–Crippen MR) is 129 cm³/mol. The second-order valence-electron chi connectivity index (χ2n) is 8.21. The molecule has 6 nitrogen and oxygen atoms in total. The lowest BCUT2D eigenvalue weighted by Gasteiger charge is -2.15. The molecule has 0 bridgehead atoms. The Labute approximate surface area is 206 Å². The maximum Gasteiger partial charge on any atom is 0.490 e. The van der Waals surface area contributed by atoms with Crippen LogP contribution in [0, 0.1) is 11.3 Å². The van der Waals surface area contributed by atoms with Crippen molar-refractivity contribution in [3.05, 3.63) is 89.5 Å². The molecule has 0 unspecified atom stereocenters. The van der Waals surface area contributed by atoms with Gasteiger partial charge in [-0.05, 0) is 85.1 Å². The Hall–Kier alpha value is -4.16. The monoisotopic (exact) mass is 495 g/mol. The van der Waals surface area contributed by atoms with Gasteiger partial charge in [-0.1, -0.05) is 30.3 Å². The van der Waals surface area contributed by atoms with E-state index in [2.05, 4.69) is 40.6 Å². The molecular weight excluding hydrogens is 471 g/mol. The van der Waals surface area contributed by atoms with E-state index < -0.39 is 12.1 Å². The van der Waals surface area contributed by atoms with Gasteiger partial charge in [0.1, 0.15) is 0 Å². The number of carbonyl (C=O) groups is 2. The van der Waals surface area contributed by atoms with Crippen LogP contribution in [0.1, 0.15) is 34.3 Å². The van der Waals surface area contributed by atoms with E-state index in [-0.39, 0.29) is 5.91 Å². The summed E-state index contributed by atoms with van der Waals surface area (Å²) >= 11 is 0. The molecule has 1 aliphatic heterocycles. The standard InChI is InChI=1S/C25H23N3O.C2HF3O2/c26-17-19-6-8-22(9-7-19)25(29)27-24-12-10-21(11-13-24)23-5-3-4-20(16-23)18-28-14-1-2-15-28;3-2(4,5)1(6)7/h3-13,16H,1-2,14-15,18H2,(H,27,29);(H,6,7). The van der Waals surface area contributed by atoms with Crippen LogP contribution >= 0.6 is 0 Å². The zero-order valence-corrected chi connectivity index (χ0v) is 19.3. The van der Waals surface area contributed by atoms with Crippen molar-refractivity contribution < 1.29 is 27.9 Å². The Kier molecular flexibility index (Phi) is 8.81. The maximum atomic E-state index is 12.4. The van der Waals surface area contributed by atoms with Crippen LogP contribution < -0.4 is 5.32 Å². The Bertz CT molecular complexity index is 1230. The van der Waals surface area contributed by atoms with Gasteiger partial charge in [0.2, 0.25) is 0 Å². The molecule has 3 aromatic carbocycles. The number of nitrogens with zero attached hydrogens (tertiary/aromatic N) is 2. The molecular formula is C27H24F3N3O3. The Balaban J connectivity index is 0.000000454. The van der Waals surface area contributed by atoms with Gasteiger partial charge in [0.05, 0.1) is 11.6 Å². The molecule has 4 rings (SSSR count). The van der Waals surface area contributed by atoms with Crippen molar-refractivity contribution >= 4 is 17.6 Å². The number of hydrogen-bond acceptors (Lipinski definition) is 4. The minimum absolute atomic E-state index is 0.185. The highest BCUT2D eigenvalue weighted by atomic mass is 19.4. The number of anilines is 1. The number of rotatable bonds is 5. The number of halogens is 3. The zero-order chi connectivity index (χ0) is 26.1. The summed E-state index contributed by atoms with van der Waals surface area (Å²) in [7, 11) is 0. The Morgan fingerprint density at radius 3 is 2.11 bits per heavy atom. The maximum absolute atomic E-state index is 12.4. The van der Waals surface area contributed by atoms with Gasteiger partial charge < -0.3 is 10.4 Å². The van der Waals surface area contributed by atoms with Gasteiger partial charge in [-0.3, -0.25) is 9.69 Å². The number of carbonyl (C=O) groups excluding carboxylic acids is 1. The molecule has 2 N–H and O–H groups in total. The third-order valence-corrected chi connectivity index (χ3v) is 5.53. The molecule has 1 heterocycles. The SMILES string of the molecule is N#Cc1ccc(C(=O)Nc2ccc(-c3cccc(CN4CCCC4)c3)cc2)cc1.O=C(O)C(F)(F)F. The molecule has 0 radical (unpaired) electrons. The van der Waals surface area contributed by atoms with E-state index in [0.717, 1.165) is 17.8 Å². The Morgan fingerprint density at radius 2 is 1.56 bits per heavy atom. The number of carboxylic acid groups (broad SMARTS) is 1. The van der Waals surface area contributed by atoms with Gasteiger partial charge in [-0.2, -0.15) is 18.4 Å². The van der Waals surface area contributed by atoms with Crippen molar-refractivity contribution in [1.82, 2.24) is 4.90 Å². The lowest BCUT2D eigenvalue weighted by Crippen LogP contribution is -2.21. The van der Waals surface area contributed by atoms with Crippen LogP contribution in [0.25, 0.3) is 11.1 Å². The number of benzene rings is 3. The van der Waals surface area contributed by atoms with Crippen molar-refractivity contribution in [2.75, 3.05) is 18.4 Å². The summed E-state index contributed by atoms with van der Waals surface area (Å²) < 4.78 is 31.7.